The third-order valence-corrected chi connectivity index (χ3v) is 3.89. The van der Waals surface area contributed by atoms with Crippen molar-refractivity contribution in [2.75, 3.05) is 16.4 Å². The van der Waals surface area contributed by atoms with Gasteiger partial charge < -0.3 is 16.4 Å². The van der Waals surface area contributed by atoms with Crippen LogP contribution in [0.2, 0.25) is 0 Å². The molecule has 0 radical (unpaired) electrons. The largest absolute Gasteiger partial charge is 0.382 e. The summed E-state index contributed by atoms with van der Waals surface area (Å²) in [5, 5.41) is 6.31. The van der Waals surface area contributed by atoms with Crippen molar-refractivity contribution in [3.05, 3.63) is 35.0 Å². The molecule has 0 unspecified atom stereocenters. The summed E-state index contributed by atoms with van der Waals surface area (Å²) in [5.74, 6) is -0.777. The van der Waals surface area contributed by atoms with Gasteiger partial charge in [-0.25, -0.2) is 9.37 Å². The zero-order valence-electron chi connectivity index (χ0n) is 10.5. The van der Waals surface area contributed by atoms with Crippen LogP contribution in [0.3, 0.4) is 0 Å². The Kier molecular flexibility index (Phi) is 3.27. The summed E-state index contributed by atoms with van der Waals surface area (Å²) in [6.45, 7) is 0. The number of amides is 1. The second kappa shape index (κ2) is 5.09. The molecule has 0 bridgehead atoms. The summed E-state index contributed by atoms with van der Waals surface area (Å²) in [4.78, 5) is 16.5. The van der Waals surface area contributed by atoms with Crippen LogP contribution in [0.4, 0.5) is 21.0 Å². The van der Waals surface area contributed by atoms with Gasteiger partial charge in [0.05, 0.1) is 5.69 Å². The predicted molar refractivity (Wildman–Crippen MR) is 77.5 cm³/mol. The maximum Gasteiger partial charge on any atom is 0.269 e. The summed E-state index contributed by atoms with van der Waals surface area (Å²) in [7, 11) is 0. The van der Waals surface area contributed by atoms with Gasteiger partial charge in [0.25, 0.3) is 5.91 Å². The molecule has 20 heavy (non-hydrogen) atoms. The molecule has 1 aliphatic rings. The number of hydrogen-bond donors (Lipinski definition) is 3. The quantitative estimate of drug-likeness (QED) is 0.809. The Labute approximate surface area is 119 Å². The summed E-state index contributed by atoms with van der Waals surface area (Å²) >= 11 is 1.18. The highest BCUT2D eigenvalue weighted by atomic mass is 32.1. The third kappa shape index (κ3) is 2.72. The molecule has 104 valence electrons. The van der Waals surface area contributed by atoms with Gasteiger partial charge in [-0.2, -0.15) is 0 Å². The van der Waals surface area contributed by atoms with Crippen LogP contribution in [0.25, 0.3) is 0 Å². The van der Waals surface area contributed by atoms with Crippen molar-refractivity contribution >= 4 is 33.9 Å². The number of nitrogens with zero attached hydrogens (tertiary/aromatic N) is 1. The number of nitrogens with two attached hydrogens (primary N) is 1. The van der Waals surface area contributed by atoms with E-state index in [1.54, 1.807) is 12.1 Å². The standard InChI is InChI=1S/C13H13FN4OS/c14-8-3-1-2-4-9(8)17-12(19)10-11(15)18-13(20-10)16-7-5-6-7/h1-4,7H,5-6,15H2,(H,16,18)(H,17,19). The number of halogens is 1. The lowest BCUT2D eigenvalue weighted by Crippen LogP contribution is -2.13. The van der Waals surface area contributed by atoms with Gasteiger partial charge in [-0.05, 0) is 25.0 Å². The van der Waals surface area contributed by atoms with Crippen LogP contribution in [0.1, 0.15) is 22.5 Å². The number of rotatable bonds is 4. The van der Waals surface area contributed by atoms with Crippen LogP contribution in [-0.4, -0.2) is 16.9 Å². The number of hydrogen-bond acceptors (Lipinski definition) is 5. The van der Waals surface area contributed by atoms with Crippen molar-refractivity contribution in [2.45, 2.75) is 18.9 Å². The molecule has 1 fully saturated rings. The van der Waals surface area contributed by atoms with E-state index in [2.05, 4.69) is 15.6 Å². The zero-order chi connectivity index (χ0) is 14.1. The molecule has 1 saturated carbocycles. The fraction of sp³-hybridized carbons (Fsp3) is 0.231. The molecule has 1 heterocycles. The number of para-hydroxylation sites is 1. The number of nitrogens with one attached hydrogen (secondary N) is 2. The van der Waals surface area contributed by atoms with Gasteiger partial charge in [-0.3, -0.25) is 4.79 Å². The van der Waals surface area contributed by atoms with Crippen LogP contribution in [0.5, 0.6) is 0 Å². The number of thiazole rings is 1. The van der Waals surface area contributed by atoms with E-state index in [0.29, 0.717) is 11.2 Å². The first-order valence-electron chi connectivity index (χ1n) is 6.22. The zero-order valence-corrected chi connectivity index (χ0v) is 11.3. The maximum atomic E-state index is 13.5. The molecule has 1 aliphatic carbocycles. The summed E-state index contributed by atoms with van der Waals surface area (Å²) < 4.78 is 13.5. The molecule has 0 atom stereocenters. The fourth-order valence-corrected chi connectivity index (χ4v) is 2.56. The normalized spacial score (nSPS) is 14.1. The highest BCUT2D eigenvalue weighted by molar-refractivity contribution is 7.18. The molecule has 1 aromatic heterocycles. The van der Waals surface area contributed by atoms with Crippen molar-refractivity contribution in [1.29, 1.82) is 0 Å². The lowest BCUT2D eigenvalue weighted by atomic mass is 10.3. The van der Waals surface area contributed by atoms with Crippen molar-refractivity contribution in [1.82, 2.24) is 4.98 Å². The minimum Gasteiger partial charge on any atom is -0.382 e. The van der Waals surface area contributed by atoms with Gasteiger partial charge in [0.2, 0.25) is 0 Å². The molecule has 1 aromatic carbocycles. The number of carbonyl (C=O) groups excluding carboxylic acids is 1. The maximum absolute atomic E-state index is 13.5. The number of benzene rings is 1. The molecule has 0 saturated heterocycles. The van der Waals surface area contributed by atoms with Crippen molar-refractivity contribution in [2.24, 2.45) is 0 Å². The van der Waals surface area contributed by atoms with Gasteiger partial charge in [0.15, 0.2) is 5.13 Å². The van der Waals surface area contributed by atoms with Crippen molar-refractivity contribution in [3.8, 4) is 0 Å². The minimum absolute atomic E-state index is 0.127. The first-order chi connectivity index (χ1) is 9.63. The SMILES string of the molecule is Nc1nc(NC2CC2)sc1C(=O)Nc1ccccc1F. The first kappa shape index (κ1) is 12.9. The van der Waals surface area contributed by atoms with E-state index in [4.69, 9.17) is 5.73 Å². The van der Waals surface area contributed by atoms with Gasteiger partial charge in [-0.15, -0.1) is 0 Å². The lowest BCUT2D eigenvalue weighted by Gasteiger charge is -2.04. The Hall–Kier alpha value is -2.15. The van der Waals surface area contributed by atoms with Crippen LogP contribution in [0.15, 0.2) is 24.3 Å². The number of aromatic nitrogens is 1. The average molecular weight is 292 g/mol. The summed E-state index contributed by atoms with van der Waals surface area (Å²) in [5.41, 5.74) is 5.86. The molecule has 7 heteroatoms. The molecule has 3 rings (SSSR count). The highest BCUT2D eigenvalue weighted by Crippen LogP contribution is 2.31. The Balaban J connectivity index is 1.76. The van der Waals surface area contributed by atoms with E-state index in [1.807, 2.05) is 0 Å². The second-order valence-corrected chi connectivity index (χ2v) is 5.59. The van der Waals surface area contributed by atoms with Crippen molar-refractivity contribution in [3.63, 3.8) is 0 Å². The van der Waals surface area contributed by atoms with E-state index in [-0.39, 0.29) is 16.4 Å². The monoisotopic (exact) mass is 292 g/mol. The summed E-state index contributed by atoms with van der Waals surface area (Å²) in [6, 6.07) is 6.42. The van der Waals surface area contributed by atoms with Crippen LogP contribution in [-0.2, 0) is 0 Å². The van der Waals surface area contributed by atoms with E-state index < -0.39 is 11.7 Å². The molecule has 5 nitrogen and oxygen atoms in total. The van der Waals surface area contributed by atoms with E-state index in [1.165, 1.54) is 23.5 Å². The lowest BCUT2D eigenvalue weighted by molar-refractivity contribution is 0.103. The van der Waals surface area contributed by atoms with Crippen molar-refractivity contribution < 1.29 is 9.18 Å². The van der Waals surface area contributed by atoms with Gasteiger partial charge in [-0.1, -0.05) is 23.5 Å². The van der Waals surface area contributed by atoms with E-state index >= 15 is 0 Å². The van der Waals surface area contributed by atoms with Gasteiger partial charge in [0, 0.05) is 6.04 Å². The Morgan fingerprint density at radius 3 is 2.85 bits per heavy atom. The number of nitrogen functional groups attached to an aromatic ring is 1. The predicted octanol–water partition coefficient (Wildman–Crippen LogP) is 2.69. The third-order valence-electron chi connectivity index (χ3n) is 2.89. The van der Waals surface area contributed by atoms with Crippen LogP contribution in [0, 0.1) is 5.82 Å². The van der Waals surface area contributed by atoms with Crippen LogP contribution < -0.4 is 16.4 Å². The van der Waals surface area contributed by atoms with Gasteiger partial charge >= 0.3 is 0 Å². The van der Waals surface area contributed by atoms with Gasteiger partial charge in [0.1, 0.15) is 16.5 Å². The average Bonchev–Trinajstić information content (AvgIpc) is 3.14. The smallest absolute Gasteiger partial charge is 0.269 e. The Morgan fingerprint density at radius 1 is 1.40 bits per heavy atom. The molecule has 0 aliphatic heterocycles. The Morgan fingerprint density at radius 2 is 2.15 bits per heavy atom. The summed E-state index contributed by atoms with van der Waals surface area (Å²) in [6.07, 6.45) is 2.21. The fourth-order valence-electron chi connectivity index (χ4n) is 1.70. The first-order valence-corrected chi connectivity index (χ1v) is 7.04. The highest BCUT2D eigenvalue weighted by Gasteiger charge is 2.24. The Bertz CT molecular complexity index is 654. The molecule has 1 amide bonds. The molecular weight excluding hydrogens is 279 g/mol. The molecular formula is C13H13FN4OS. The minimum atomic E-state index is -0.486. The second-order valence-electron chi connectivity index (χ2n) is 4.59. The topological polar surface area (TPSA) is 80.0 Å². The van der Waals surface area contributed by atoms with Crippen LogP contribution >= 0.6 is 11.3 Å². The number of anilines is 3. The molecule has 2 aromatic rings. The van der Waals surface area contributed by atoms with E-state index in [0.717, 1.165) is 12.8 Å². The molecule has 0 spiro atoms. The number of carbonyl (C=O) groups is 1. The molecule has 4 N–H and O–H groups in total. The van der Waals surface area contributed by atoms with E-state index in [9.17, 15) is 9.18 Å².